The molecule has 2 rings (SSSR count). The maximum absolute atomic E-state index is 11.0. The number of nitrogens with zero attached hydrogens (tertiary/aromatic N) is 2. The van der Waals surface area contributed by atoms with E-state index < -0.39 is 26.9 Å². The number of hydrogen-bond donors (Lipinski definition) is 2. The van der Waals surface area contributed by atoms with Crippen LogP contribution in [0.25, 0.3) is 0 Å². The molecular formula is C12H10N4O4S2. The summed E-state index contributed by atoms with van der Waals surface area (Å²) in [6, 6.07) is 10.3. The van der Waals surface area contributed by atoms with E-state index in [1.165, 1.54) is 10.8 Å². The summed E-state index contributed by atoms with van der Waals surface area (Å²) in [4.78, 5) is 21.4. The minimum atomic E-state index is -0.900. The third-order valence-corrected chi connectivity index (χ3v) is 5.10. The van der Waals surface area contributed by atoms with E-state index in [0.717, 1.165) is 21.8 Å². The highest BCUT2D eigenvalue weighted by molar-refractivity contribution is 8.76. The van der Waals surface area contributed by atoms with Crippen molar-refractivity contribution >= 4 is 44.3 Å². The normalized spacial score (nSPS) is 10.4. The van der Waals surface area contributed by atoms with Crippen LogP contribution in [0.4, 0.5) is 22.7 Å². The lowest BCUT2D eigenvalue weighted by molar-refractivity contribution is -0.421. The van der Waals surface area contributed by atoms with Crippen molar-refractivity contribution in [1.82, 2.24) is 0 Å². The molecule has 0 unspecified atom stereocenters. The zero-order chi connectivity index (χ0) is 16.3. The number of nitrogens with two attached hydrogens (primary N) is 2. The Labute approximate surface area is 132 Å². The van der Waals surface area contributed by atoms with Crippen LogP contribution < -0.4 is 11.5 Å². The molecule has 0 spiro atoms. The molecule has 0 amide bonds. The third kappa shape index (κ3) is 3.23. The Hall–Kier alpha value is -2.46. The zero-order valence-corrected chi connectivity index (χ0v) is 12.6. The van der Waals surface area contributed by atoms with E-state index in [4.69, 9.17) is 11.5 Å². The lowest BCUT2D eigenvalue weighted by atomic mass is 10.2. The molecule has 0 saturated carbocycles. The molecule has 0 aliphatic heterocycles. The lowest BCUT2D eigenvalue weighted by Gasteiger charge is -2.08. The first-order valence-corrected chi connectivity index (χ1v) is 7.97. The molecule has 0 aliphatic carbocycles. The topological polar surface area (TPSA) is 138 Å². The van der Waals surface area contributed by atoms with Gasteiger partial charge in [0.2, 0.25) is 0 Å². The first-order chi connectivity index (χ1) is 10.4. The average Bonchev–Trinajstić information content (AvgIpc) is 2.48. The van der Waals surface area contributed by atoms with Crippen molar-refractivity contribution in [3.63, 3.8) is 0 Å². The van der Waals surface area contributed by atoms with Gasteiger partial charge >= 0.3 is 11.4 Å². The smallest absolute Gasteiger partial charge is 0.370 e. The summed E-state index contributed by atoms with van der Waals surface area (Å²) in [5.74, 6) is 0. The fourth-order valence-electron chi connectivity index (χ4n) is 1.64. The number of hydrogen-bond acceptors (Lipinski definition) is 8. The second kappa shape index (κ2) is 6.54. The molecule has 114 valence electrons. The lowest BCUT2D eigenvalue weighted by Crippen LogP contribution is -2.05. The average molecular weight is 338 g/mol. The van der Waals surface area contributed by atoms with Gasteiger partial charge in [-0.1, -0.05) is 39.8 Å². The second-order valence-corrected chi connectivity index (χ2v) is 6.31. The fourth-order valence-corrected chi connectivity index (χ4v) is 3.76. The van der Waals surface area contributed by atoms with E-state index in [1.54, 1.807) is 0 Å². The third-order valence-electron chi connectivity index (χ3n) is 2.67. The standard InChI is InChI=1S/C12H10N4O4S2/c13-10-9(22-21-7-4-2-1-3-5-7)6-8(15(17)18)12(11(10)14)16(19)20/h1-6H,13-14H2. The van der Waals surface area contributed by atoms with Crippen molar-refractivity contribution < 1.29 is 9.85 Å². The summed E-state index contributed by atoms with van der Waals surface area (Å²) >= 11 is 0. The Balaban J connectivity index is 2.40. The molecule has 0 heterocycles. The van der Waals surface area contributed by atoms with Crippen molar-refractivity contribution in [2.75, 3.05) is 11.5 Å². The number of nitro groups is 2. The molecule has 0 atom stereocenters. The van der Waals surface area contributed by atoms with Crippen molar-refractivity contribution in [2.45, 2.75) is 9.79 Å². The molecule has 8 nitrogen and oxygen atoms in total. The molecular weight excluding hydrogens is 328 g/mol. The van der Waals surface area contributed by atoms with Gasteiger partial charge in [0.05, 0.1) is 20.4 Å². The van der Waals surface area contributed by atoms with Crippen LogP contribution in [0.15, 0.2) is 46.2 Å². The Kier molecular flexibility index (Phi) is 4.73. The Morgan fingerprint density at radius 3 is 2.09 bits per heavy atom. The second-order valence-electron chi connectivity index (χ2n) is 4.06. The van der Waals surface area contributed by atoms with E-state index in [1.807, 2.05) is 30.3 Å². The number of nitro benzene ring substituents is 2. The highest BCUT2D eigenvalue weighted by atomic mass is 33.1. The van der Waals surface area contributed by atoms with E-state index >= 15 is 0 Å². The number of rotatable bonds is 5. The van der Waals surface area contributed by atoms with Gasteiger partial charge in [-0.05, 0) is 12.1 Å². The first-order valence-electron chi connectivity index (χ1n) is 5.82. The summed E-state index contributed by atoms with van der Waals surface area (Å²) in [5.41, 5.74) is 9.48. The highest BCUT2D eigenvalue weighted by Crippen LogP contribution is 2.47. The molecule has 4 N–H and O–H groups in total. The summed E-state index contributed by atoms with van der Waals surface area (Å²) in [6.45, 7) is 0. The van der Waals surface area contributed by atoms with Crippen LogP contribution >= 0.6 is 21.6 Å². The monoisotopic (exact) mass is 338 g/mol. The van der Waals surface area contributed by atoms with Crippen LogP contribution in [0.3, 0.4) is 0 Å². The van der Waals surface area contributed by atoms with Gasteiger partial charge in [-0.25, -0.2) is 0 Å². The molecule has 0 radical (unpaired) electrons. The molecule has 0 bridgehead atoms. The summed E-state index contributed by atoms with van der Waals surface area (Å²) in [5, 5.41) is 21.9. The fraction of sp³-hybridized carbons (Fsp3) is 0. The van der Waals surface area contributed by atoms with Gasteiger partial charge in [0.25, 0.3) is 0 Å². The van der Waals surface area contributed by atoms with E-state index in [0.29, 0.717) is 4.90 Å². The molecule has 0 aliphatic rings. The van der Waals surface area contributed by atoms with Gasteiger partial charge < -0.3 is 11.5 Å². The Morgan fingerprint density at radius 2 is 1.55 bits per heavy atom. The molecule has 0 aromatic heterocycles. The molecule has 22 heavy (non-hydrogen) atoms. The van der Waals surface area contributed by atoms with Gasteiger partial charge in [0.15, 0.2) is 0 Å². The van der Waals surface area contributed by atoms with Crippen molar-refractivity contribution in [2.24, 2.45) is 0 Å². The predicted octanol–water partition coefficient (Wildman–Crippen LogP) is 3.47. The summed E-state index contributed by atoms with van der Waals surface area (Å²) in [7, 11) is 2.47. The molecule has 0 fully saturated rings. The largest absolute Gasteiger partial charge is 0.396 e. The Bertz CT molecular complexity index is 740. The molecule has 2 aromatic rings. The SMILES string of the molecule is Nc1c(SSc2ccccc2)cc([N+](=O)[O-])c([N+](=O)[O-])c1N. The minimum Gasteiger partial charge on any atom is -0.396 e. The van der Waals surface area contributed by atoms with Crippen molar-refractivity contribution in [1.29, 1.82) is 0 Å². The van der Waals surface area contributed by atoms with Crippen molar-refractivity contribution in [3.8, 4) is 0 Å². The summed E-state index contributed by atoms with van der Waals surface area (Å²) < 4.78 is 0. The maximum atomic E-state index is 11.0. The molecule has 0 saturated heterocycles. The van der Waals surface area contributed by atoms with Crippen LogP contribution in [-0.4, -0.2) is 9.85 Å². The number of benzene rings is 2. The van der Waals surface area contributed by atoms with Crippen LogP contribution in [0.1, 0.15) is 0 Å². The molecule has 2 aromatic carbocycles. The maximum Gasteiger partial charge on any atom is 0.370 e. The van der Waals surface area contributed by atoms with Crippen LogP contribution in [-0.2, 0) is 0 Å². The number of nitrogen functional groups attached to an aromatic ring is 2. The summed E-state index contributed by atoms with van der Waals surface area (Å²) in [6.07, 6.45) is 0. The van der Waals surface area contributed by atoms with E-state index in [-0.39, 0.29) is 5.69 Å². The highest BCUT2D eigenvalue weighted by Gasteiger charge is 2.31. The van der Waals surface area contributed by atoms with Crippen LogP contribution in [0.5, 0.6) is 0 Å². The minimum absolute atomic E-state index is 0.0364. The van der Waals surface area contributed by atoms with Gasteiger partial charge in [0.1, 0.15) is 5.69 Å². The van der Waals surface area contributed by atoms with Gasteiger partial charge in [-0.15, -0.1) is 0 Å². The quantitative estimate of drug-likeness (QED) is 0.365. The Morgan fingerprint density at radius 1 is 0.909 bits per heavy atom. The van der Waals surface area contributed by atoms with Gasteiger partial charge in [0, 0.05) is 11.0 Å². The zero-order valence-electron chi connectivity index (χ0n) is 11.0. The predicted molar refractivity (Wildman–Crippen MR) is 86.7 cm³/mol. The van der Waals surface area contributed by atoms with Crippen LogP contribution in [0.2, 0.25) is 0 Å². The molecule has 10 heteroatoms. The number of anilines is 2. The van der Waals surface area contributed by atoms with Gasteiger partial charge in [-0.3, -0.25) is 20.2 Å². The van der Waals surface area contributed by atoms with E-state index in [9.17, 15) is 20.2 Å². The first kappa shape index (κ1) is 15.9. The van der Waals surface area contributed by atoms with E-state index in [2.05, 4.69) is 0 Å². The van der Waals surface area contributed by atoms with Crippen LogP contribution in [0, 0.1) is 20.2 Å². The van der Waals surface area contributed by atoms with Crippen molar-refractivity contribution in [3.05, 3.63) is 56.6 Å². The van der Waals surface area contributed by atoms with Gasteiger partial charge in [-0.2, -0.15) is 0 Å².